The molecule has 0 spiro atoms. The molecular weight excluding hydrogens is 486 g/mol. The van der Waals surface area contributed by atoms with Gasteiger partial charge in [0, 0.05) is 23.2 Å². The fourth-order valence-electron chi connectivity index (χ4n) is 4.50. The van der Waals surface area contributed by atoms with Crippen LogP contribution in [0.5, 0.6) is 11.5 Å². The SMILES string of the molecule is CCC(C)N(CC(=O)N1CCc2sccc2C1COc1ccccc1OC)C(=O)Nc1ccc(C)cc1. The van der Waals surface area contributed by atoms with E-state index in [-0.39, 0.29) is 30.6 Å². The molecule has 0 radical (unpaired) electrons. The zero-order valence-corrected chi connectivity index (χ0v) is 22.7. The third kappa shape index (κ3) is 6.25. The van der Waals surface area contributed by atoms with Gasteiger partial charge in [-0.05, 0) is 68.0 Å². The molecule has 0 saturated carbocycles. The van der Waals surface area contributed by atoms with Crippen LogP contribution in [0.25, 0.3) is 0 Å². The van der Waals surface area contributed by atoms with Gasteiger partial charge in [0.05, 0.1) is 13.2 Å². The number of carbonyl (C=O) groups is 2. The maximum Gasteiger partial charge on any atom is 0.322 e. The van der Waals surface area contributed by atoms with Crippen molar-refractivity contribution >= 4 is 29.0 Å². The highest BCUT2D eigenvalue weighted by atomic mass is 32.1. The number of hydrogen-bond donors (Lipinski definition) is 1. The number of thiophene rings is 1. The minimum Gasteiger partial charge on any atom is -0.493 e. The number of fused-ring (bicyclic) bond motifs is 1. The highest BCUT2D eigenvalue weighted by Crippen LogP contribution is 2.35. The van der Waals surface area contributed by atoms with Gasteiger partial charge in [-0.1, -0.05) is 36.8 Å². The number of benzene rings is 2. The van der Waals surface area contributed by atoms with E-state index in [9.17, 15) is 9.59 Å². The van der Waals surface area contributed by atoms with E-state index in [1.165, 1.54) is 4.88 Å². The van der Waals surface area contributed by atoms with Crippen molar-refractivity contribution in [3.05, 3.63) is 76.0 Å². The summed E-state index contributed by atoms with van der Waals surface area (Å²) >= 11 is 1.71. The lowest BCUT2D eigenvalue weighted by Crippen LogP contribution is -2.50. The summed E-state index contributed by atoms with van der Waals surface area (Å²) in [6.07, 6.45) is 1.53. The number of ether oxygens (including phenoxy) is 2. The minimum atomic E-state index is -0.276. The molecule has 1 N–H and O–H groups in total. The van der Waals surface area contributed by atoms with Gasteiger partial charge in [-0.25, -0.2) is 4.79 Å². The lowest BCUT2D eigenvalue weighted by molar-refractivity contribution is -0.135. The Hall–Kier alpha value is -3.52. The fourth-order valence-corrected chi connectivity index (χ4v) is 5.43. The number of aryl methyl sites for hydroxylation is 1. The zero-order chi connectivity index (χ0) is 26.4. The maximum atomic E-state index is 13.7. The first-order chi connectivity index (χ1) is 17.9. The molecule has 8 heteroatoms. The van der Waals surface area contributed by atoms with Gasteiger partial charge in [0.2, 0.25) is 5.91 Å². The fraction of sp³-hybridized carbons (Fsp3) is 0.379. The highest BCUT2D eigenvalue weighted by Gasteiger charge is 2.34. The summed E-state index contributed by atoms with van der Waals surface area (Å²) in [4.78, 5) is 31.7. The van der Waals surface area contributed by atoms with Crippen LogP contribution in [0.1, 0.15) is 42.3 Å². The zero-order valence-electron chi connectivity index (χ0n) is 21.9. The van der Waals surface area contributed by atoms with E-state index < -0.39 is 0 Å². The molecule has 2 aromatic carbocycles. The lowest BCUT2D eigenvalue weighted by atomic mass is 10.00. The molecule has 2 atom stereocenters. The van der Waals surface area contributed by atoms with Crippen molar-refractivity contribution in [2.24, 2.45) is 0 Å². The molecule has 2 unspecified atom stereocenters. The van der Waals surface area contributed by atoms with Gasteiger partial charge >= 0.3 is 6.03 Å². The molecule has 1 aromatic heterocycles. The number of nitrogens with zero attached hydrogens (tertiary/aromatic N) is 2. The molecule has 0 aliphatic carbocycles. The number of urea groups is 1. The molecule has 1 aliphatic heterocycles. The van der Waals surface area contributed by atoms with Gasteiger partial charge in [0.1, 0.15) is 13.2 Å². The Morgan fingerprint density at radius 2 is 1.86 bits per heavy atom. The van der Waals surface area contributed by atoms with E-state index in [2.05, 4.69) is 16.8 Å². The minimum absolute atomic E-state index is 0.00265. The van der Waals surface area contributed by atoms with E-state index in [4.69, 9.17) is 9.47 Å². The molecule has 3 amide bonds. The van der Waals surface area contributed by atoms with E-state index in [0.717, 1.165) is 24.0 Å². The number of nitrogens with one attached hydrogen (secondary N) is 1. The van der Waals surface area contributed by atoms with Crippen molar-refractivity contribution in [1.29, 1.82) is 0 Å². The van der Waals surface area contributed by atoms with Crippen LogP contribution in [0.2, 0.25) is 0 Å². The summed E-state index contributed by atoms with van der Waals surface area (Å²) in [6.45, 7) is 6.87. The third-order valence-electron chi connectivity index (χ3n) is 6.87. The molecular formula is C29H35N3O4S. The van der Waals surface area contributed by atoms with Gasteiger partial charge in [-0.3, -0.25) is 4.79 Å². The molecule has 0 fully saturated rings. The van der Waals surface area contributed by atoms with E-state index in [1.54, 1.807) is 23.3 Å². The molecule has 7 nitrogen and oxygen atoms in total. The average molecular weight is 522 g/mol. The topological polar surface area (TPSA) is 71.1 Å². The predicted octanol–water partition coefficient (Wildman–Crippen LogP) is 5.90. The molecule has 1 aliphatic rings. The number of hydrogen-bond acceptors (Lipinski definition) is 5. The van der Waals surface area contributed by atoms with Crippen molar-refractivity contribution in [3.8, 4) is 11.5 Å². The number of methoxy groups -OCH3 is 1. The van der Waals surface area contributed by atoms with Crippen LogP contribution in [0.4, 0.5) is 10.5 Å². The molecule has 0 bridgehead atoms. The maximum absolute atomic E-state index is 13.7. The van der Waals surface area contributed by atoms with Gasteiger partial charge < -0.3 is 24.6 Å². The Balaban J connectivity index is 1.51. The number of para-hydroxylation sites is 2. The largest absolute Gasteiger partial charge is 0.493 e. The first-order valence-electron chi connectivity index (χ1n) is 12.7. The lowest BCUT2D eigenvalue weighted by Gasteiger charge is -2.38. The summed E-state index contributed by atoms with van der Waals surface area (Å²) in [7, 11) is 1.61. The molecule has 3 aromatic rings. The van der Waals surface area contributed by atoms with Crippen LogP contribution in [0.3, 0.4) is 0 Å². The van der Waals surface area contributed by atoms with Crippen molar-refractivity contribution in [2.75, 3.05) is 32.1 Å². The van der Waals surface area contributed by atoms with Crippen molar-refractivity contribution in [2.45, 2.75) is 45.7 Å². The van der Waals surface area contributed by atoms with Gasteiger partial charge in [-0.2, -0.15) is 0 Å². The smallest absolute Gasteiger partial charge is 0.322 e. The summed E-state index contributed by atoms with van der Waals surface area (Å²) in [5, 5.41) is 5.02. The monoisotopic (exact) mass is 521 g/mol. The van der Waals surface area contributed by atoms with E-state index >= 15 is 0 Å². The van der Waals surface area contributed by atoms with Crippen LogP contribution in [-0.4, -0.2) is 54.6 Å². The normalized spacial score (nSPS) is 15.5. The molecule has 37 heavy (non-hydrogen) atoms. The van der Waals surface area contributed by atoms with Crippen molar-refractivity contribution < 1.29 is 19.1 Å². The summed E-state index contributed by atoms with van der Waals surface area (Å²) in [5.74, 6) is 1.20. The third-order valence-corrected chi connectivity index (χ3v) is 7.87. The molecule has 0 saturated heterocycles. The second-order valence-corrected chi connectivity index (χ2v) is 10.3. The average Bonchev–Trinajstić information content (AvgIpc) is 3.40. The number of carbonyl (C=O) groups excluding carboxylic acids is 2. The quantitative estimate of drug-likeness (QED) is 0.380. The Morgan fingerprint density at radius 3 is 2.57 bits per heavy atom. The molecule has 2 heterocycles. The Morgan fingerprint density at radius 1 is 1.14 bits per heavy atom. The number of amides is 3. The van der Waals surface area contributed by atoms with Crippen molar-refractivity contribution in [3.63, 3.8) is 0 Å². The van der Waals surface area contributed by atoms with Crippen LogP contribution >= 0.6 is 11.3 Å². The summed E-state index contributed by atoms with van der Waals surface area (Å²) < 4.78 is 11.6. The predicted molar refractivity (Wildman–Crippen MR) is 148 cm³/mol. The first-order valence-corrected chi connectivity index (χ1v) is 13.5. The first kappa shape index (κ1) is 26.5. The van der Waals surface area contributed by atoms with Crippen LogP contribution < -0.4 is 14.8 Å². The van der Waals surface area contributed by atoms with Crippen molar-refractivity contribution in [1.82, 2.24) is 9.80 Å². The van der Waals surface area contributed by atoms with Gasteiger partial charge in [0.15, 0.2) is 11.5 Å². The second-order valence-electron chi connectivity index (χ2n) is 9.30. The Kier molecular flexibility index (Phi) is 8.71. The summed E-state index contributed by atoms with van der Waals surface area (Å²) in [6, 6.07) is 16.6. The van der Waals surface area contributed by atoms with Crippen LogP contribution in [0.15, 0.2) is 60.0 Å². The second kappa shape index (κ2) is 12.1. The van der Waals surface area contributed by atoms with Crippen LogP contribution in [-0.2, 0) is 11.2 Å². The Labute approximate surface area is 223 Å². The van der Waals surface area contributed by atoms with E-state index in [0.29, 0.717) is 30.3 Å². The molecule has 4 rings (SSSR count). The number of rotatable bonds is 9. The number of anilines is 1. The van der Waals surface area contributed by atoms with E-state index in [1.807, 2.05) is 74.2 Å². The Bertz CT molecular complexity index is 1210. The van der Waals surface area contributed by atoms with Gasteiger partial charge in [-0.15, -0.1) is 11.3 Å². The van der Waals surface area contributed by atoms with Crippen LogP contribution in [0, 0.1) is 6.92 Å². The molecule has 196 valence electrons. The highest BCUT2D eigenvalue weighted by molar-refractivity contribution is 7.10. The van der Waals surface area contributed by atoms with Gasteiger partial charge in [0.25, 0.3) is 0 Å². The summed E-state index contributed by atoms with van der Waals surface area (Å²) in [5.41, 5.74) is 2.94. The standard InChI is InChI=1S/C29H35N3O4S/c1-5-21(3)32(29(34)30-22-12-10-20(2)11-13-22)18-28(33)31-16-14-27-23(15-17-37-27)24(31)19-36-26-9-7-6-8-25(26)35-4/h6-13,15,17,21,24H,5,14,16,18-19H2,1-4H3,(H,30,34).